The molecule has 1 aromatic rings. The maximum absolute atomic E-state index is 11.2. The highest BCUT2D eigenvalue weighted by Gasteiger charge is 2.25. The lowest BCUT2D eigenvalue weighted by molar-refractivity contribution is -0.138. The molecule has 1 fully saturated rings. The summed E-state index contributed by atoms with van der Waals surface area (Å²) >= 11 is 9.50. The average molecular weight is 361 g/mol. The Bertz CT molecular complexity index is 473. The Labute approximate surface area is 133 Å². The molecule has 0 spiro atoms. The number of aliphatic carboxylic acids is 1. The largest absolute Gasteiger partial charge is 0.481 e. The van der Waals surface area contributed by atoms with Crippen molar-refractivity contribution in [2.45, 2.75) is 38.1 Å². The lowest BCUT2D eigenvalue weighted by atomic mass is 10.0. The lowest BCUT2D eigenvalue weighted by Gasteiger charge is -2.30. The zero-order valence-electron chi connectivity index (χ0n) is 11.3. The number of likely N-dealkylation sites (tertiary alicyclic amines) is 1. The van der Waals surface area contributed by atoms with Gasteiger partial charge in [-0.1, -0.05) is 46.4 Å². The number of hydrogen-bond donors (Lipinski definition) is 1. The Morgan fingerprint density at radius 1 is 1.30 bits per heavy atom. The Hall–Kier alpha value is -0.580. The van der Waals surface area contributed by atoms with E-state index < -0.39 is 5.97 Å². The molecule has 2 rings (SSSR count). The number of halogens is 2. The number of benzene rings is 1. The fraction of sp³-hybridized carbons (Fsp3) is 0.533. The van der Waals surface area contributed by atoms with Crippen molar-refractivity contribution >= 4 is 33.5 Å². The van der Waals surface area contributed by atoms with Crippen LogP contribution in [0.15, 0.2) is 22.7 Å². The molecular formula is C15H19BrClNO2. The predicted octanol–water partition coefficient (Wildman–Crippen LogP) is 4.49. The molecule has 5 heteroatoms. The first-order valence-electron chi connectivity index (χ1n) is 6.98. The van der Waals surface area contributed by atoms with Crippen LogP contribution in [0.5, 0.6) is 0 Å². The van der Waals surface area contributed by atoms with Crippen LogP contribution in [-0.4, -0.2) is 29.1 Å². The summed E-state index contributed by atoms with van der Waals surface area (Å²) in [6.45, 7) is 1.93. The summed E-state index contributed by atoms with van der Waals surface area (Å²) in [5.41, 5.74) is 1.01. The first kappa shape index (κ1) is 15.8. The first-order chi connectivity index (χ1) is 9.58. The van der Waals surface area contributed by atoms with Crippen molar-refractivity contribution in [1.29, 1.82) is 0 Å². The van der Waals surface area contributed by atoms with Gasteiger partial charge >= 0.3 is 5.97 Å². The second-order valence-corrected chi connectivity index (χ2v) is 6.52. The van der Waals surface area contributed by atoms with Gasteiger partial charge in [0.05, 0.1) is 6.42 Å². The monoisotopic (exact) mass is 359 g/mol. The summed E-state index contributed by atoms with van der Waals surface area (Å²) in [6, 6.07) is 5.51. The molecule has 1 atom stereocenters. The van der Waals surface area contributed by atoms with Gasteiger partial charge in [0.25, 0.3) is 0 Å². The van der Waals surface area contributed by atoms with Crippen LogP contribution in [0.25, 0.3) is 0 Å². The molecule has 1 unspecified atom stereocenters. The molecule has 1 saturated heterocycles. The molecule has 3 nitrogen and oxygen atoms in total. The van der Waals surface area contributed by atoms with Crippen LogP contribution in [0.1, 0.15) is 43.7 Å². The first-order valence-corrected chi connectivity index (χ1v) is 8.16. The van der Waals surface area contributed by atoms with Gasteiger partial charge in [0.1, 0.15) is 0 Å². The van der Waals surface area contributed by atoms with Gasteiger partial charge in [0.15, 0.2) is 0 Å². The van der Waals surface area contributed by atoms with Crippen molar-refractivity contribution < 1.29 is 9.90 Å². The summed E-state index contributed by atoms with van der Waals surface area (Å²) in [6.07, 6.45) is 4.87. The quantitative estimate of drug-likeness (QED) is 0.859. The molecule has 1 aliphatic rings. The average Bonchev–Trinajstić information content (AvgIpc) is 2.65. The highest BCUT2D eigenvalue weighted by molar-refractivity contribution is 9.10. The highest BCUT2D eigenvalue weighted by atomic mass is 79.9. The van der Waals surface area contributed by atoms with Gasteiger partial charge in [0, 0.05) is 15.5 Å². The third-order valence-electron chi connectivity index (χ3n) is 3.77. The maximum Gasteiger partial charge on any atom is 0.305 e. The number of hydrogen-bond acceptors (Lipinski definition) is 2. The Morgan fingerprint density at radius 3 is 2.50 bits per heavy atom. The van der Waals surface area contributed by atoms with Crippen molar-refractivity contribution in [2.24, 2.45) is 0 Å². The Balaban J connectivity index is 2.27. The summed E-state index contributed by atoms with van der Waals surface area (Å²) in [5.74, 6) is -0.763. The number of carbonyl (C=O) groups is 1. The van der Waals surface area contributed by atoms with Crippen molar-refractivity contribution in [1.82, 2.24) is 4.90 Å². The summed E-state index contributed by atoms with van der Waals surface area (Å²) in [5, 5.41) is 9.88. The topological polar surface area (TPSA) is 40.5 Å². The van der Waals surface area contributed by atoms with E-state index in [9.17, 15) is 9.90 Å². The minimum Gasteiger partial charge on any atom is -0.481 e. The zero-order chi connectivity index (χ0) is 14.5. The molecule has 1 aliphatic heterocycles. The fourth-order valence-corrected chi connectivity index (χ4v) is 3.73. The lowest BCUT2D eigenvalue weighted by Crippen LogP contribution is -2.31. The van der Waals surface area contributed by atoms with Crippen LogP contribution >= 0.6 is 27.5 Å². The SMILES string of the molecule is O=C(O)CC(c1ccc(Cl)cc1Br)N1CCCCCC1. The van der Waals surface area contributed by atoms with E-state index in [-0.39, 0.29) is 12.5 Å². The van der Waals surface area contributed by atoms with Gasteiger partial charge in [0.2, 0.25) is 0 Å². The van der Waals surface area contributed by atoms with Crippen molar-refractivity contribution in [2.75, 3.05) is 13.1 Å². The molecule has 0 radical (unpaired) electrons. The van der Waals surface area contributed by atoms with E-state index in [2.05, 4.69) is 20.8 Å². The molecule has 1 heterocycles. The maximum atomic E-state index is 11.2. The van der Waals surface area contributed by atoms with Gasteiger partial charge in [-0.3, -0.25) is 9.69 Å². The molecular weight excluding hydrogens is 342 g/mol. The van der Waals surface area contributed by atoms with E-state index in [0.29, 0.717) is 5.02 Å². The molecule has 0 amide bonds. The van der Waals surface area contributed by atoms with E-state index in [1.54, 1.807) is 0 Å². The van der Waals surface area contributed by atoms with Crippen LogP contribution in [0.4, 0.5) is 0 Å². The van der Waals surface area contributed by atoms with Crippen LogP contribution in [0, 0.1) is 0 Å². The molecule has 0 aromatic heterocycles. The molecule has 1 aromatic carbocycles. The minimum atomic E-state index is -0.763. The predicted molar refractivity (Wildman–Crippen MR) is 84.2 cm³/mol. The highest BCUT2D eigenvalue weighted by Crippen LogP contribution is 2.33. The Kier molecular flexibility index (Phi) is 5.87. The van der Waals surface area contributed by atoms with E-state index in [1.165, 1.54) is 12.8 Å². The van der Waals surface area contributed by atoms with Gasteiger partial charge < -0.3 is 5.11 Å². The Morgan fingerprint density at radius 2 is 1.95 bits per heavy atom. The second-order valence-electron chi connectivity index (χ2n) is 5.23. The number of carboxylic acids is 1. The van der Waals surface area contributed by atoms with E-state index in [1.807, 2.05) is 18.2 Å². The van der Waals surface area contributed by atoms with Crippen molar-refractivity contribution in [3.05, 3.63) is 33.3 Å². The molecule has 1 N–H and O–H groups in total. The third kappa shape index (κ3) is 4.21. The smallest absolute Gasteiger partial charge is 0.305 e. The second kappa shape index (κ2) is 7.43. The molecule has 0 saturated carbocycles. The molecule has 110 valence electrons. The summed E-state index contributed by atoms with van der Waals surface area (Å²) in [7, 11) is 0. The van der Waals surface area contributed by atoms with E-state index in [4.69, 9.17) is 11.6 Å². The van der Waals surface area contributed by atoms with E-state index >= 15 is 0 Å². The third-order valence-corrected chi connectivity index (χ3v) is 4.69. The van der Waals surface area contributed by atoms with Gasteiger partial charge in [-0.2, -0.15) is 0 Å². The number of nitrogens with zero attached hydrogens (tertiary/aromatic N) is 1. The minimum absolute atomic E-state index is 0.0859. The van der Waals surface area contributed by atoms with Crippen LogP contribution in [0.3, 0.4) is 0 Å². The van der Waals surface area contributed by atoms with Crippen molar-refractivity contribution in [3.8, 4) is 0 Å². The molecule has 20 heavy (non-hydrogen) atoms. The van der Waals surface area contributed by atoms with Gasteiger partial charge in [-0.15, -0.1) is 0 Å². The van der Waals surface area contributed by atoms with Crippen molar-refractivity contribution in [3.63, 3.8) is 0 Å². The van der Waals surface area contributed by atoms with Crippen LogP contribution < -0.4 is 0 Å². The van der Waals surface area contributed by atoms with Gasteiger partial charge in [-0.05, 0) is 43.6 Å². The molecule has 0 aliphatic carbocycles. The van der Waals surface area contributed by atoms with Crippen LogP contribution in [0.2, 0.25) is 5.02 Å². The van der Waals surface area contributed by atoms with Gasteiger partial charge in [-0.25, -0.2) is 0 Å². The summed E-state index contributed by atoms with van der Waals surface area (Å²) in [4.78, 5) is 13.5. The zero-order valence-corrected chi connectivity index (χ0v) is 13.7. The summed E-state index contributed by atoms with van der Waals surface area (Å²) < 4.78 is 0.889. The molecule has 0 bridgehead atoms. The normalized spacial score (nSPS) is 18.5. The van der Waals surface area contributed by atoms with Crippen LogP contribution in [-0.2, 0) is 4.79 Å². The number of carboxylic acid groups (broad SMARTS) is 1. The standard InChI is InChI=1S/C15H19BrClNO2/c16-13-9-11(17)5-6-12(13)14(10-15(19)20)18-7-3-1-2-4-8-18/h5-6,9,14H,1-4,7-8,10H2,(H,19,20). The number of rotatable bonds is 4. The fourth-order valence-electron chi connectivity index (χ4n) is 2.78. The van der Waals surface area contributed by atoms with E-state index in [0.717, 1.165) is 36.0 Å².